The molecule has 7 heteroatoms. The van der Waals surface area contributed by atoms with Gasteiger partial charge in [0.15, 0.2) is 0 Å². The first-order valence-electron chi connectivity index (χ1n) is 10.4. The van der Waals surface area contributed by atoms with Crippen molar-refractivity contribution in [2.75, 3.05) is 28.2 Å². The van der Waals surface area contributed by atoms with E-state index in [-0.39, 0.29) is 0 Å². The normalized spacial score (nSPS) is 18.3. The van der Waals surface area contributed by atoms with Crippen molar-refractivity contribution < 1.29 is 17.7 Å². The Morgan fingerprint density at radius 2 is 0.903 bits per heavy atom. The molecule has 0 saturated heterocycles. The van der Waals surface area contributed by atoms with E-state index in [4.69, 9.17) is 17.7 Å². The van der Waals surface area contributed by atoms with E-state index < -0.39 is 8.33 Å². The van der Waals surface area contributed by atoms with Gasteiger partial charge in [-0.1, -0.05) is 0 Å². The molecule has 3 aromatic rings. The molecule has 162 valence electrons. The summed E-state index contributed by atoms with van der Waals surface area (Å²) in [5, 5.41) is 0.886. The first-order chi connectivity index (χ1) is 14.9. The first kappa shape index (κ1) is 19.9. The van der Waals surface area contributed by atoms with E-state index in [1.54, 1.807) is 0 Å². The maximum absolute atomic E-state index is 6.71. The minimum atomic E-state index is -4.63. The Balaban J connectivity index is 1.79. The molecule has 1 spiro atoms. The fraction of sp³-hybridized carbons (Fsp3) is 0.250. The molecule has 0 unspecified atom stereocenters. The van der Waals surface area contributed by atoms with Gasteiger partial charge in [0, 0.05) is 0 Å². The number of benzene rings is 3. The number of rotatable bonds is 5. The summed E-state index contributed by atoms with van der Waals surface area (Å²) < 4.78 is 26.8. The summed E-state index contributed by atoms with van der Waals surface area (Å²) >= 11 is 0. The van der Waals surface area contributed by atoms with E-state index in [1.807, 2.05) is 76.7 Å². The molecule has 0 aromatic heterocycles. The molecular weight excluding hydrogens is 408 g/mol. The van der Waals surface area contributed by atoms with Crippen LogP contribution in [0.2, 0.25) is 0 Å². The van der Waals surface area contributed by atoms with Crippen LogP contribution >= 0.6 is 0 Å². The Hall–Kier alpha value is -3.00. The van der Waals surface area contributed by atoms with Gasteiger partial charge in [-0.05, 0) is 0 Å². The van der Waals surface area contributed by atoms with Crippen LogP contribution in [0.25, 0.3) is 0 Å². The summed E-state index contributed by atoms with van der Waals surface area (Å²) in [6.45, 7) is 1.40. The zero-order chi connectivity index (χ0) is 21.7. The Labute approximate surface area is 183 Å². The third kappa shape index (κ3) is 3.17. The van der Waals surface area contributed by atoms with Gasteiger partial charge >= 0.3 is 183 Å². The third-order valence-electron chi connectivity index (χ3n) is 5.46. The molecule has 0 radical (unpaired) electrons. The van der Waals surface area contributed by atoms with Gasteiger partial charge in [0.1, 0.15) is 0 Å². The van der Waals surface area contributed by atoms with Crippen LogP contribution in [0.5, 0.6) is 23.0 Å². The van der Waals surface area contributed by atoms with Crippen molar-refractivity contribution in [1.82, 2.24) is 9.80 Å². The van der Waals surface area contributed by atoms with Crippen molar-refractivity contribution in [3.63, 3.8) is 0 Å². The number of fused-ring (bicyclic) bond motifs is 2. The molecule has 5 rings (SSSR count). The second kappa shape index (κ2) is 7.02. The van der Waals surface area contributed by atoms with E-state index in [0.717, 1.165) is 16.3 Å². The fourth-order valence-corrected chi connectivity index (χ4v) is 8.67. The van der Waals surface area contributed by atoms with Gasteiger partial charge in [-0.15, -0.1) is 0 Å². The van der Waals surface area contributed by atoms with Gasteiger partial charge < -0.3 is 0 Å². The molecule has 0 saturated carbocycles. The molecule has 6 nitrogen and oxygen atoms in total. The van der Waals surface area contributed by atoms with Gasteiger partial charge in [0.05, 0.1) is 0 Å². The van der Waals surface area contributed by atoms with Crippen LogP contribution in [0.15, 0.2) is 66.7 Å². The molecule has 0 atom stereocenters. The average molecular weight is 436 g/mol. The second-order valence-electron chi connectivity index (χ2n) is 8.64. The van der Waals surface area contributed by atoms with E-state index >= 15 is 0 Å². The number of hydrogen-bond donors (Lipinski definition) is 0. The van der Waals surface area contributed by atoms with E-state index in [2.05, 4.69) is 28.0 Å². The quantitative estimate of drug-likeness (QED) is 0.573. The van der Waals surface area contributed by atoms with Gasteiger partial charge in [-0.2, -0.15) is 0 Å². The summed E-state index contributed by atoms with van der Waals surface area (Å²) in [4.78, 5) is 4.26. The minimum absolute atomic E-state index is 0.638. The zero-order valence-electron chi connectivity index (χ0n) is 18.3. The van der Waals surface area contributed by atoms with Crippen molar-refractivity contribution in [2.45, 2.75) is 13.1 Å². The van der Waals surface area contributed by atoms with E-state index in [1.165, 1.54) is 0 Å². The standard InChI is InChI=1S/C24H27N2O4Si/c1-25(2)16-18-10-9-11-19(17-26(3)4)24(18)31(27-20-12-5-6-13-21(20)28-31)29-22-14-7-8-15-23(22)30-31/h5-15H,16-17H2,1-4H3/q-1. The average Bonchev–Trinajstić information content (AvgIpc) is 3.21. The van der Waals surface area contributed by atoms with Crippen molar-refractivity contribution in [1.29, 1.82) is 0 Å². The fourth-order valence-electron chi connectivity index (χ4n) is 4.45. The van der Waals surface area contributed by atoms with Crippen LogP contribution in [-0.2, 0) is 13.1 Å². The summed E-state index contributed by atoms with van der Waals surface area (Å²) in [5.41, 5.74) is 2.14. The summed E-state index contributed by atoms with van der Waals surface area (Å²) in [5.74, 6) is 2.55. The topological polar surface area (TPSA) is 43.4 Å². The van der Waals surface area contributed by atoms with Crippen molar-refractivity contribution in [3.05, 3.63) is 77.9 Å². The van der Waals surface area contributed by atoms with Crippen molar-refractivity contribution in [3.8, 4) is 23.0 Å². The molecule has 3 aromatic carbocycles. The molecule has 2 aliphatic rings. The van der Waals surface area contributed by atoms with Gasteiger partial charge in [-0.3, -0.25) is 0 Å². The number of hydrogen-bond acceptors (Lipinski definition) is 6. The predicted molar refractivity (Wildman–Crippen MR) is 122 cm³/mol. The zero-order valence-corrected chi connectivity index (χ0v) is 19.3. The Morgan fingerprint density at radius 3 is 1.23 bits per heavy atom. The molecule has 2 heterocycles. The predicted octanol–water partition coefficient (Wildman–Crippen LogP) is 3.35. The van der Waals surface area contributed by atoms with Crippen LogP contribution in [-0.4, -0.2) is 46.3 Å². The van der Waals surface area contributed by atoms with Gasteiger partial charge in [-0.25, -0.2) is 0 Å². The van der Waals surface area contributed by atoms with Crippen LogP contribution in [0.4, 0.5) is 0 Å². The molecule has 0 bridgehead atoms. The monoisotopic (exact) mass is 435 g/mol. The molecular formula is C24H27N2O4Si-. The molecule has 2 aliphatic heterocycles. The van der Waals surface area contributed by atoms with Crippen molar-refractivity contribution >= 4 is 13.5 Å². The molecule has 0 aliphatic carbocycles. The summed E-state index contributed by atoms with van der Waals surface area (Å²) in [6.07, 6.45) is 0. The van der Waals surface area contributed by atoms with Gasteiger partial charge in [0.2, 0.25) is 0 Å². The molecule has 0 fully saturated rings. The Kier molecular flexibility index (Phi) is 4.51. The Morgan fingerprint density at radius 1 is 0.548 bits per heavy atom. The Bertz CT molecular complexity index is 1010. The van der Waals surface area contributed by atoms with E-state index in [0.29, 0.717) is 36.1 Å². The molecule has 31 heavy (non-hydrogen) atoms. The number of para-hydroxylation sites is 4. The summed E-state index contributed by atoms with van der Waals surface area (Å²) in [7, 11) is 3.56. The third-order valence-corrected chi connectivity index (χ3v) is 9.21. The van der Waals surface area contributed by atoms with E-state index in [9.17, 15) is 0 Å². The second-order valence-corrected chi connectivity index (χ2v) is 11.8. The summed E-state index contributed by atoms with van der Waals surface area (Å²) in [6, 6.07) is 21.6. The van der Waals surface area contributed by atoms with Crippen LogP contribution in [0, 0.1) is 0 Å². The van der Waals surface area contributed by atoms with Crippen LogP contribution in [0.3, 0.4) is 0 Å². The first-order valence-corrected chi connectivity index (χ1v) is 12.5. The number of nitrogens with zero attached hydrogens (tertiary/aromatic N) is 2. The van der Waals surface area contributed by atoms with Crippen molar-refractivity contribution in [2.24, 2.45) is 0 Å². The molecule has 0 N–H and O–H groups in total. The molecule has 0 amide bonds. The maximum atomic E-state index is 6.71. The SMILES string of the molecule is CN(C)Cc1cccc(CN(C)C)c1[Si-]12(Oc3ccccc3O1)Oc1ccccc1O2. The van der Waals surface area contributed by atoms with Crippen LogP contribution < -0.4 is 22.9 Å². The van der Waals surface area contributed by atoms with Gasteiger partial charge in [0.25, 0.3) is 0 Å². The van der Waals surface area contributed by atoms with Crippen LogP contribution in [0.1, 0.15) is 11.1 Å².